The highest BCUT2D eigenvalue weighted by molar-refractivity contribution is 9.10. The maximum absolute atomic E-state index is 12.0. The molecule has 1 saturated heterocycles. The van der Waals surface area contributed by atoms with Crippen LogP contribution in [0, 0.1) is 5.92 Å². The second-order valence-corrected chi connectivity index (χ2v) is 7.04. The summed E-state index contributed by atoms with van der Waals surface area (Å²) in [6, 6.07) is 8.46. The van der Waals surface area contributed by atoms with E-state index in [1.807, 2.05) is 30.9 Å². The van der Waals surface area contributed by atoms with E-state index in [0.717, 1.165) is 29.9 Å². The smallest absolute Gasteiger partial charge is 0.225 e. The van der Waals surface area contributed by atoms with E-state index in [1.54, 1.807) is 7.05 Å². The van der Waals surface area contributed by atoms with Gasteiger partial charge < -0.3 is 15.5 Å². The number of carbonyl (C=O) groups excluding carboxylic acids is 1. The van der Waals surface area contributed by atoms with E-state index in [1.165, 1.54) is 5.56 Å². The number of nitrogens with zero attached hydrogens (tertiary/aromatic N) is 2. The second-order valence-electron chi connectivity index (χ2n) is 6.12. The van der Waals surface area contributed by atoms with Crippen LogP contribution in [0.5, 0.6) is 0 Å². The Kier molecular flexibility index (Phi) is 6.45. The van der Waals surface area contributed by atoms with Gasteiger partial charge in [-0.15, -0.1) is 0 Å². The summed E-state index contributed by atoms with van der Waals surface area (Å²) in [7, 11) is 1.77. The van der Waals surface area contributed by atoms with Gasteiger partial charge >= 0.3 is 0 Å². The van der Waals surface area contributed by atoms with Crippen molar-refractivity contribution in [1.29, 1.82) is 0 Å². The molecule has 5 nitrogen and oxygen atoms in total. The third-order valence-corrected chi connectivity index (χ3v) is 4.46. The molecule has 126 valence electrons. The number of likely N-dealkylation sites (tertiary alicyclic amines) is 1. The summed E-state index contributed by atoms with van der Waals surface area (Å²) in [4.78, 5) is 18.2. The van der Waals surface area contributed by atoms with E-state index in [-0.39, 0.29) is 17.9 Å². The number of aliphatic imine (C=N–C) groups is 1. The first-order chi connectivity index (χ1) is 11.0. The van der Waals surface area contributed by atoms with E-state index >= 15 is 0 Å². The Balaban J connectivity index is 1.81. The number of nitrogens with one attached hydrogen (secondary N) is 2. The number of guanidine groups is 1. The molecule has 1 aromatic rings. The minimum absolute atomic E-state index is 0.0589. The van der Waals surface area contributed by atoms with Gasteiger partial charge in [-0.25, -0.2) is 0 Å². The zero-order valence-corrected chi connectivity index (χ0v) is 15.6. The van der Waals surface area contributed by atoms with Gasteiger partial charge in [0.15, 0.2) is 5.96 Å². The Hall–Kier alpha value is -1.56. The number of rotatable bonds is 4. The maximum atomic E-state index is 12.0. The summed E-state index contributed by atoms with van der Waals surface area (Å²) >= 11 is 3.44. The van der Waals surface area contributed by atoms with Gasteiger partial charge in [-0.05, 0) is 24.1 Å². The fourth-order valence-corrected chi connectivity index (χ4v) is 2.88. The van der Waals surface area contributed by atoms with Gasteiger partial charge in [0.1, 0.15) is 0 Å². The van der Waals surface area contributed by atoms with Crippen LogP contribution >= 0.6 is 15.9 Å². The first kappa shape index (κ1) is 17.8. The van der Waals surface area contributed by atoms with Crippen molar-refractivity contribution >= 4 is 27.8 Å². The molecule has 6 heteroatoms. The van der Waals surface area contributed by atoms with Crippen molar-refractivity contribution in [1.82, 2.24) is 15.5 Å². The summed E-state index contributed by atoms with van der Waals surface area (Å²) in [6.45, 7) is 6.17. The molecule has 0 aliphatic carbocycles. The average molecular weight is 381 g/mol. The van der Waals surface area contributed by atoms with Crippen LogP contribution in [-0.4, -0.2) is 42.9 Å². The lowest BCUT2D eigenvalue weighted by Gasteiger charge is -2.20. The molecular weight excluding hydrogens is 356 g/mol. The molecule has 1 fully saturated rings. The molecular formula is C17H25BrN4O. The van der Waals surface area contributed by atoms with Crippen molar-refractivity contribution in [2.75, 3.05) is 20.1 Å². The minimum Gasteiger partial charge on any atom is -0.352 e. The van der Waals surface area contributed by atoms with E-state index in [4.69, 9.17) is 0 Å². The van der Waals surface area contributed by atoms with Crippen molar-refractivity contribution < 1.29 is 4.79 Å². The SMILES string of the molecule is CN=C(NCc1ccc(Br)cc1)NC1CCN(C(=O)C(C)C)C1. The highest BCUT2D eigenvalue weighted by Gasteiger charge is 2.27. The molecule has 0 bridgehead atoms. The number of hydrogen-bond donors (Lipinski definition) is 2. The highest BCUT2D eigenvalue weighted by atomic mass is 79.9. The van der Waals surface area contributed by atoms with E-state index < -0.39 is 0 Å². The molecule has 1 unspecified atom stereocenters. The predicted octanol–water partition coefficient (Wildman–Crippen LogP) is 2.37. The lowest BCUT2D eigenvalue weighted by Crippen LogP contribution is -2.45. The van der Waals surface area contributed by atoms with Crippen LogP contribution in [0.4, 0.5) is 0 Å². The quantitative estimate of drug-likeness (QED) is 0.622. The Morgan fingerprint density at radius 2 is 2.09 bits per heavy atom. The van der Waals surface area contributed by atoms with Crippen LogP contribution in [0.25, 0.3) is 0 Å². The monoisotopic (exact) mass is 380 g/mol. The molecule has 23 heavy (non-hydrogen) atoms. The van der Waals surface area contributed by atoms with Crippen molar-refractivity contribution in [2.24, 2.45) is 10.9 Å². The van der Waals surface area contributed by atoms with Crippen LogP contribution in [0.15, 0.2) is 33.7 Å². The number of halogens is 1. The third kappa shape index (κ3) is 5.23. The Labute approximate surface area is 146 Å². The molecule has 0 radical (unpaired) electrons. The van der Waals surface area contributed by atoms with Crippen LogP contribution in [0.2, 0.25) is 0 Å². The van der Waals surface area contributed by atoms with Gasteiger partial charge in [0.05, 0.1) is 0 Å². The molecule has 2 N–H and O–H groups in total. The van der Waals surface area contributed by atoms with E-state index in [9.17, 15) is 4.79 Å². The zero-order valence-electron chi connectivity index (χ0n) is 14.0. The van der Waals surface area contributed by atoms with Gasteiger partial charge in [0.25, 0.3) is 0 Å². The van der Waals surface area contributed by atoms with Crippen LogP contribution in [0.3, 0.4) is 0 Å². The maximum Gasteiger partial charge on any atom is 0.225 e. The van der Waals surface area contributed by atoms with Crippen molar-refractivity contribution in [3.8, 4) is 0 Å². The van der Waals surface area contributed by atoms with E-state index in [0.29, 0.717) is 6.54 Å². The summed E-state index contributed by atoms with van der Waals surface area (Å²) in [5.74, 6) is 1.06. The van der Waals surface area contributed by atoms with Gasteiger partial charge in [0, 0.05) is 43.1 Å². The number of benzene rings is 1. The Bertz CT molecular complexity index is 556. The highest BCUT2D eigenvalue weighted by Crippen LogP contribution is 2.13. The molecule has 1 aromatic carbocycles. The average Bonchev–Trinajstić information content (AvgIpc) is 3.00. The molecule has 1 heterocycles. The second kappa shape index (κ2) is 8.34. The summed E-state index contributed by atoms with van der Waals surface area (Å²) in [5, 5.41) is 6.73. The number of carbonyl (C=O) groups is 1. The topological polar surface area (TPSA) is 56.7 Å². The Morgan fingerprint density at radius 3 is 2.70 bits per heavy atom. The van der Waals surface area contributed by atoms with Gasteiger partial charge in [-0.1, -0.05) is 41.9 Å². The van der Waals surface area contributed by atoms with Crippen molar-refractivity contribution in [3.63, 3.8) is 0 Å². The molecule has 1 aliphatic heterocycles. The summed E-state index contributed by atoms with van der Waals surface area (Å²) in [6.07, 6.45) is 0.956. The first-order valence-corrected chi connectivity index (χ1v) is 8.79. The summed E-state index contributed by atoms with van der Waals surface area (Å²) in [5.41, 5.74) is 1.19. The lowest BCUT2D eigenvalue weighted by atomic mass is 10.2. The summed E-state index contributed by atoms with van der Waals surface area (Å²) < 4.78 is 1.07. The van der Waals surface area contributed by atoms with Crippen molar-refractivity contribution in [3.05, 3.63) is 34.3 Å². The zero-order chi connectivity index (χ0) is 16.8. The standard InChI is InChI=1S/C17H25BrN4O/c1-12(2)16(23)22-9-8-15(11-22)21-17(19-3)20-10-13-4-6-14(18)7-5-13/h4-7,12,15H,8-11H2,1-3H3,(H2,19,20,21). The van der Waals surface area contributed by atoms with E-state index in [2.05, 4.69) is 43.7 Å². The van der Waals surface area contributed by atoms with Crippen LogP contribution in [0.1, 0.15) is 25.8 Å². The third-order valence-electron chi connectivity index (χ3n) is 3.93. The van der Waals surface area contributed by atoms with Gasteiger partial charge in [-0.2, -0.15) is 0 Å². The fourth-order valence-electron chi connectivity index (χ4n) is 2.62. The number of amides is 1. The fraction of sp³-hybridized carbons (Fsp3) is 0.529. The molecule has 0 saturated carbocycles. The molecule has 0 spiro atoms. The molecule has 2 rings (SSSR count). The molecule has 1 amide bonds. The van der Waals surface area contributed by atoms with Crippen LogP contribution in [-0.2, 0) is 11.3 Å². The van der Waals surface area contributed by atoms with Crippen molar-refractivity contribution in [2.45, 2.75) is 32.9 Å². The van der Waals surface area contributed by atoms with Gasteiger partial charge in [-0.3, -0.25) is 9.79 Å². The van der Waals surface area contributed by atoms with Gasteiger partial charge in [0.2, 0.25) is 5.91 Å². The lowest BCUT2D eigenvalue weighted by molar-refractivity contribution is -0.133. The number of hydrogen-bond acceptors (Lipinski definition) is 2. The first-order valence-electron chi connectivity index (χ1n) is 8.00. The normalized spacial score (nSPS) is 18.4. The van der Waals surface area contributed by atoms with Crippen LogP contribution < -0.4 is 10.6 Å². The molecule has 1 aliphatic rings. The largest absolute Gasteiger partial charge is 0.352 e. The molecule has 0 aromatic heterocycles. The minimum atomic E-state index is 0.0589. The Morgan fingerprint density at radius 1 is 1.39 bits per heavy atom. The predicted molar refractivity (Wildman–Crippen MR) is 97.3 cm³/mol. The molecule has 1 atom stereocenters.